The molecule has 2 rings (SSSR count). The summed E-state index contributed by atoms with van der Waals surface area (Å²) in [6.45, 7) is 12.7. The predicted octanol–water partition coefficient (Wildman–Crippen LogP) is 3.73. The second kappa shape index (κ2) is 4.79. The molecule has 0 radical (unpaired) electrons. The molecular formula is C12H19N5S2. The van der Waals surface area contributed by atoms with E-state index in [9.17, 15) is 0 Å². The molecule has 1 N–H and O–H groups in total. The first-order valence-corrected chi connectivity index (χ1v) is 7.74. The molecule has 0 atom stereocenters. The monoisotopic (exact) mass is 297 g/mol. The smallest absolute Gasteiger partial charge is 0.211 e. The molecule has 0 aromatic carbocycles. The zero-order valence-electron chi connectivity index (χ0n) is 12.1. The second-order valence-electron chi connectivity index (χ2n) is 6.45. The molecule has 0 bridgehead atoms. The van der Waals surface area contributed by atoms with Crippen LogP contribution in [0.25, 0.3) is 0 Å². The largest absolute Gasteiger partial charge is 0.305 e. The van der Waals surface area contributed by atoms with Crippen molar-refractivity contribution in [3.8, 4) is 0 Å². The lowest BCUT2D eigenvalue weighted by Gasteiger charge is -2.12. The maximum absolute atomic E-state index is 4.20. The van der Waals surface area contributed by atoms with E-state index in [1.54, 1.807) is 22.7 Å². The number of aromatic nitrogens is 4. The fraction of sp³-hybridized carbons (Fsp3) is 0.667. The van der Waals surface area contributed by atoms with Crippen LogP contribution < -0.4 is 5.32 Å². The quantitative estimate of drug-likeness (QED) is 0.915. The van der Waals surface area contributed by atoms with Crippen molar-refractivity contribution in [2.45, 2.75) is 52.4 Å². The topological polar surface area (TPSA) is 63.6 Å². The Hall–Kier alpha value is -1.08. The molecule has 0 saturated heterocycles. The van der Waals surface area contributed by atoms with Crippen molar-refractivity contribution in [2.75, 3.05) is 5.32 Å². The summed E-state index contributed by atoms with van der Waals surface area (Å²) in [5.74, 6) is 0. The molecule has 2 heterocycles. The normalized spacial score (nSPS) is 12.7. The van der Waals surface area contributed by atoms with Crippen molar-refractivity contribution in [3.63, 3.8) is 0 Å². The summed E-state index contributed by atoms with van der Waals surface area (Å²) in [6.07, 6.45) is 0. The summed E-state index contributed by atoms with van der Waals surface area (Å²) < 4.78 is 0. The summed E-state index contributed by atoms with van der Waals surface area (Å²) >= 11 is 3.11. The minimum atomic E-state index is 0.0231. The molecule has 0 amide bonds. The first-order valence-electron chi connectivity index (χ1n) is 6.11. The van der Waals surface area contributed by atoms with Crippen molar-refractivity contribution in [1.82, 2.24) is 20.4 Å². The number of hydrogen-bond acceptors (Lipinski definition) is 7. The van der Waals surface area contributed by atoms with Gasteiger partial charge in [-0.1, -0.05) is 64.2 Å². The first-order chi connectivity index (χ1) is 8.66. The molecule has 2 aromatic heterocycles. The fourth-order valence-electron chi connectivity index (χ4n) is 1.25. The lowest BCUT2D eigenvalue weighted by Crippen LogP contribution is -2.10. The van der Waals surface area contributed by atoms with Crippen LogP contribution in [0.5, 0.6) is 0 Å². The number of anilines is 2. The van der Waals surface area contributed by atoms with Crippen molar-refractivity contribution in [3.05, 3.63) is 10.0 Å². The summed E-state index contributed by atoms with van der Waals surface area (Å²) in [5.41, 5.74) is 0.0462. The summed E-state index contributed by atoms with van der Waals surface area (Å²) in [5, 5.41) is 23.4. The number of rotatable bonds is 2. The fourth-order valence-corrected chi connectivity index (χ4v) is 2.91. The lowest BCUT2D eigenvalue weighted by molar-refractivity contribution is 0.578. The van der Waals surface area contributed by atoms with Crippen LogP contribution in [-0.4, -0.2) is 20.4 Å². The van der Waals surface area contributed by atoms with Crippen LogP contribution in [0, 0.1) is 0 Å². The average Bonchev–Trinajstić information content (AvgIpc) is 2.84. The SMILES string of the molecule is CC(C)(C)c1nnc(Nc2nnc(C(C)(C)C)s2)s1. The van der Waals surface area contributed by atoms with Crippen molar-refractivity contribution in [1.29, 1.82) is 0 Å². The van der Waals surface area contributed by atoms with Gasteiger partial charge in [-0.2, -0.15) is 0 Å². The van der Waals surface area contributed by atoms with Gasteiger partial charge in [0.1, 0.15) is 10.0 Å². The second-order valence-corrected chi connectivity index (χ2v) is 8.40. The highest BCUT2D eigenvalue weighted by Gasteiger charge is 2.21. The zero-order chi connectivity index (χ0) is 14.3. The average molecular weight is 297 g/mol. The molecule has 5 nitrogen and oxygen atoms in total. The van der Waals surface area contributed by atoms with Crippen LogP contribution in [0.15, 0.2) is 0 Å². The van der Waals surface area contributed by atoms with Gasteiger partial charge >= 0.3 is 0 Å². The van der Waals surface area contributed by atoms with Gasteiger partial charge in [0.15, 0.2) is 0 Å². The summed E-state index contributed by atoms with van der Waals surface area (Å²) in [7, 11) is 0. The van der Waals surface area contributed by atoms with Gasteiger partial charge in [-0.3, -0.25) is 0 Å². The van der Waals surface area contributed by atoms with E-state index in [0.29, 0.717) is 0 Å². The molecule has 104 valence electrons. The van der Waals surface area contributed by atoms with Gasteiger partial charge in [0.25, 0.3) is 0 Å². The minimum Gasteiger partial charge on any atom is -0.305 e. The molecule has 2 aromatic rings. The van der Waals surface area contributed by atoms with Gasteiger partial charge in [0.2, 0.25) is 10.3 Å². The van der Waals surface area contributed by atoms with E-state index in [1.807, 2.05) is 0 Å². The standard InChI is InChI=1S/C12H19N5S2/c1-11(2,3)7-14-16-9(18-7)13-10-17-15-8(19-10)12(4,5)6/h1-6H3,(H,13,16,17). The molecule has 0 aliphatic heterocycles. The lowest BCUT2D eigenvalue weighted by atomic mass is 9.98. The van der Waals surface area contributed by atoms with Crippen molar-refractivity contribution in [2.24, 2.45) is 0 Å². The molecule has 0 unspecified atom stereocenters. The summed E-state index contributed by atoms with van der Waals surface area (Å²) in [6, 6.07) is 0. The van der Waals surface area contributed by atoms with Crippen LogP contribution in [0.1, 0.15) is 51.6 Å². The highest BCUT2D eigenvalue weighted by atomic mass is 32.1. The van der Waals surface area contributed by atoms with Gasteiger partial charge in [0.05, 0.1) is 0 Å². The number of nitrogens with one attached hydrogen (secondary N) is 1. The van der Waals surface area contributed by atoms with Crippen LogP contribution in [0.2, 0.25) is 0 Å². The Labute approximate surface area is 121 Å². The van der Waals surface area contributed by atoms with E-state index < -0.39 is 0 Å². The van der Waals surface area contributed by atoms with E-state index in [0.717, 1.165) is 20.3 Å². The van der Waals surface area contributed by atoms with Crippen LogP contribution in [0.3, 0.4) is 0 Å². The number of nitrogens with zero attached hydrogens (tertiary/aromatic N) is 4. The van der Waals surface area contributed by atoms with Gasteiger partial charge in [0, 0.05) is 10.8 Å². The highest BCUT2D eigenvalue weighted by Crippen LogP contribution is 2.32. The number of hydrogen-bond donors (Lipinski definition) is 1. The van der Waals surface area contributed by atoms with Gasteiger partial charge < -0.3 is 5.32 Å². The van der Waals surface area contributed by atoms with E-state index in [4.69, 9.17) is 0 Å². The third kappa shape index (κ3) is 3.48. The van der Waals surface area contributed by atoms with Gasteiger partial charge in [-0.05, 0) is 0 Å². The Morgan fingerprint density at radius 2 is 1.05 bits per heavy atom. The molecule has 0 spiro atoms. The first kappa shape index (κ1) is 14.3. The van der Waals surface area contributed by atoms with Crippen LogP contribution in [0.4, 0.5) is 10.3 Å². The van der Waals surface area contributed by atoms with E-state index >= 15 is 0 Å². The molecule has 0 aliphatic rings. The van der Waals surface area contributed by atoms with Crippen LogP contribution >= 0.6 is 22.7 Å². The van der Waals surface area contributed by atoms with Crippen molar-refractivity contribution >= 4 is 32.9 Å². The maximum Gasteiger partial charge on any atom is 0.211 e. The maximum atomic E-state index is 4.20. The van der Waals surface area contributed by atoms with E-state index in [2.05, 4.69) is 67.3 Å². The molecule has 7 heteroatoms. The Kier molecular flexibility index (Phi) is 3.61. The highest BCUT2D eigenvalue weighted by molar-refractivity contribution is 7.17. The molecule has 19 heavy (non-hydrogen) atoms. The Balaban J connectivity index is 2.14. The molecule has 0 saturated carbocycles. The van der Waals surface area contributed by atoms with Gasteiger partial charge in [-0.25, -0.2) is 0 Å². The molecular weight excluding hydrogens is 278 g/mol. The third-order valence-corrected chi connectivity index (χ3v) is 4.88. The minimum absolute atomic E-state index is 0.0231. The predicted molar refractivity (Wildman–Crippen MR) is 80.5 cm³/mol. The van der Waals surface area contributed by atoms with Crippen LogP contribution in [-0.2, 0) is 10.8 Å². The Bertz CT molecular complexity index is 509. The van der Waals surface area contributed by atoms with E-state index in [1.165, 1.54) is 0 Å². The zero-order valence-corrected chi connectivity index (χ0v) is 13.7. The Morgan fingerprint density at radius 3 is 1.32 bits per heavy atom. The van der Waals surface area contributed by atoms with Gasteiger partial charge in [-0.15, -0.1) is 20.4 Å². The van der Waals surface area contributed by atoms with Crippen molar-refractivity contribution < 1.29 is 0 Å². The van der Waals surface area contributed by atoms with E-state index in [-0.39, 0.29) is 10.8 Å². The summed E-state index contributed by atoms with van der Waals surface area (Å²) in [4.78, 5) is 0. The molecule has 0 aliphatic carbocycles. The molecule has 0 fully saturated rings. The third-order valence-electron chi connectivity index (χ3n) is 2.35. The Morgan fingerprint density at radius 1 is 0.684 bits per heavy atom.